The molecule has 1 aliphatic heterocycles. The minimum atomic E-state index is -0.732. The van der Waals surface area contributed by atoms with Gasteiger partial charge in [-0.05, 0) is 37.8 Å². The third-order valence-corrected chi connectivity index (χ3v) is 3.58. The van der Waals surface area contributed by atoms with Crippen molar-refractivity contribution in [1.82, 2.24) is 4.90 Å². The summed E-state index contributed by atoms with van der Waals surface area (Å²) in [6, 6.07) is 6.05. The Morgan fingerprint density at radius 1 is 1.55 bits per heavy atom. The first-order valence-electron chi connectivity index (χ1n) is 6.92. The summed E-state index contributed by atoms with van der Waals surface area (Å²) >= 11 is 0. The predicted octanol–water partition coefficient (Wildman–Crippen LogP) is 1.82. The molecule has 1 aliphatic rings. The highest BCUT2D eigenvalue weighted by Gasteiger charge is 2.27. The van der Waals surface area contributed by atoms with Crippen LogP contribution in [0.15, 0.2) is 24.3 Å². The number of ether oxygens (including phenoxy) is 1. The number of aliphatic hydroxyl groups is 1. The Balaban J connectivity index is 1.96. The molecule has 1 amide bonds. The lowest BCUT2D eigenvalue weighted by Gasteiger charge is -2.33. The van der Waals surface area contributed by atoms with E-state index in [2.05, 4.69) is 0 Å². The average molecular weight is 281 g/mol. The van der Waals surface area contributed by atoms with Crippen LogP contribution >= 0.6 is 0 Å². The minimum absolute atomic E-state index is 0.0871. The number of aliphatic hydroxyl groups excluding tert-OH is 1. The van der Waals surface area contributed by atoms with Gasteiger partial charge in [-0.1, -0.05) is 12.1 Å². The third kappa shape index (κ3) is 3.48. The highest BCUT2D eigenvalue weighted by atomic mass is 19.1. The van der Waals surface area contributed by atoms with Gasteiger partial charge in [-0.2, -0.15) is 0 Å². The van der Waals surface area contributed by atoms with E-state index in [-0.39, 0.29) is 24.2 Å². The minimum Gasteiger partial charge on any atom is -0.478 e. The second-order valence-corrected chi connectivity index (χ2v) is 5.17. The number of hydrogen-bond donors (Lipinski definition) is 1. The highest BCUT2D eigenvalue weighted by molar-refractivity contribution is 5.81. The molecule has 1 saturated heterocycles. The molecule has 5 heteroatoms. The molecule has 0 saturated carbocycles. The second-order valence-electron chi connectivity index (χ2n) is 5.17. The van der Waals surface area contributed by atoms with Crippen LogP contribution in [0.25, 0.3) is 0 Å². The summed E-state index contributed by atoms with van der Waals surface area (Å²) in [6.07, 6.45) is 1.08. The first-order valence-corrected chi connectivity index (χ1v) is 6.92. The molecule has 1 heterocycles. The van der Waals surface area contributed by atoms with Gasteiger partial charge in [0.1, 0.15) is 0 Å². The van der Waals surface area contributed by atoms with Crippen LogP contribution in [0.2, 0.25) is 0 Å². The van der Waals surface area contributed by atoms with E-state index >= 15 is 0 Å². The fourth-order valence-corrected chi connectivity index (χ4v) is 2.45. The van der Waals surface area contributed by atoms with Crippen molar-refractivity contribution in [3.8, 4) is 5.75 Å². The first-order chi connectivity index (χ1) is 9.61. The number of benzene rings is 1. The molecule has 1 aromatic carbocycles. The van der Waals surface area contributed by atoms with E-state index in [4.69, 9.17) is 4.74 Å². The van der Waals surface area contributed by atoms with Crippen molar-refractivity contribution in [2.24, 2.45) is 5.92 Å². The quantitative estimate of drug-likeness (QED) is 0.916. The molecule has 110 valence electrons. The van der Waals surface area contributed by atoms with Gasteiger partial charge in [0.05, 0.1) is 0 Å². The Hall–Kier alpha value is -1.62. The molecule has 0 aromatic heterocycles. The van der Waals surface area contributed by atoms with Crippen molar-refractivity contribution >= 4 is 5.91 Å². The van der Waals surface area contributed by atoms with E-state index in [1.165, 1.54) is 12.1 Å². The van der Waals surface area contributed by atoms with Gasteiger partial charge in [0.15, 0.2) is 17.7 Å². The highest BCUT2D eigenvalue weighted by Crippen LogP contribution is 2.20. The molecule has 2 unspecified atom stereocenters. The zero-order valence-corrected chi connectivity index (χ0v) is 11.6. The molecule has 1 aromatic rings. The van der Waals surface area contributed by atoms with E-state index in [1.54, 1.807) is 24.0 Å². The summed E-state index contributed by atoms with van der Waals surface area (Å²) in [7, 11) is 0. The van der Waals surface area contributed by atoms with Gasteiger partial charge in [0, 0.05) is 19.7 Å². The second kappa shape index (κ2) is 6.70. The van der Waals surface area contributed by atoms with Crippen molar-refractivity contribution in [3.05, 3.63) is 30.1 Å². The van der Waals surface area contributed by atoms with E-state index in [9.17, 15) is 14.3 Å². The van der Waals surface area contributed by atoms with E-state index in [0.717, 1.165) is 12.8 Å². The van der Waals surface area contributed by atoms with Crippen molar-refractivity contribution in [2.45, 2.75) is 25.9 Å². The largest absolute Gasteiger partial charge is 0.478 e. The maximum Gasteiger partial charge on any atom is 0.263 e. The van der Waals surface area contributed by atoms with Crippen LogP contribution in [0.3, 0.4) is 0 Å². The molecule has 1 fully saturated rings. The van der Waals surface area contributed by atoms with Crippen LogP contribution < -0.4 is 4.74 Å². The molecule has 2 rings (SSSR count). The summed E-state index contributed by atoms with van der Waals surface area (Å²) in [4.78, 5) is 14.0. The molecule has 1 N–H and O–H groups in total. The molecule has 0 bridgehead atoms. The lowest BCUT2D eigenvalue weighted by Crippen LogP contribution is -2.46. The lowest BCUT2D eigenvalue weighted by molar-refractivity contribution is -0.140. The van der Waals surface area contributed by atoms with E-state index < -0.39 is 11.9 Å². The van der Waals surface area contributed by atoms with Gasteiger partial charge in [0.25, 0.3) is 5.91 Å². The topological polar surface area (TPSA) is 49.8 Å². The van der Waals surface area contributed by atoms with E-state index in [1.807, 2.05) is 0 Å². The van der Waals surface area contributed by atoms with Gasteiger partial charge in [-0.25, -0.2) is 4.39 Å². The number of piperidine rings is 1. The SMILES string of the molecule is CC(Oc1ccccc1F)C(=O)N1CCCC(CO)C1. The molecule has 0 spiro atoms. The zero-order chi connectivity index (χ0) is 14.5. The van der Waals surface area contributed by atoms with Crippen molar-refractivity contribution in [3.63, 3.8) is 0 Å². The lowest BCUT2D eigenvalue weighted by atomic mass is 9.99. The Bertz CT molecular complexity index is 466. The van der Waals surface area contributed by atoms with Crippen molar-refractivity contribution < 1.29 is 19.0 Å². The molecule has 2 atom stereocenters. The summed E-state index contributed by atoms with van der Waals surface area (Å²) in [5.41, 5.74) is 0. The number of amides is 1. The van der Waals surface area contributed by atoms with Crippen LogP contribution in [0.5, 0.6) is 5.75 Å². The number of nitrogens with zero attached hydrogens (tertiary/aromatic N) is 1. The van der Waals surface area contributed by atoms with Crippen molar-refractivity contribution in [2.75, 3.05) is 19.7 Å². The van der Waals surface area contributed by atoms with Gasteiger partial charge in [-0.3, -0.25) is 4.79 Å². The average Bonchev–Trinajstić information content (AvgIpc) is 2.48. The third-order valence-electron chi connectivity index (χ3n) is 3.58. The normalized spacial score (nSPS) is 20.6. The van der Waals surface area contributed by atoms with Crippen LogP contribution in [0.4, 0.5) is 4.39 Å². The Kier molecular flexibility index (Phi) is 4.95. The summed E-state index contributed by atoms with van der Waals surface area (Å²) in [6.45, 7) is 2.92. The molecule has 0 aliphatic carbocycles. The first kappa shape index (κ1) is 14.8. The summed E-state index contributed by atoms with van der Waals surface area (Å²) < 4.78 is 18.9. The Morgan fingerprint density at radius 2 is 2.30 bits per heavy atom. The maximum absolute atomic E-state index is 13.5. The number of carbonyl (C=O) groups is 1. The molecular weight excluding hydrogens is 261 g/mol. The molecule has 0 radical (unpaired) electrons. The van der Waals surface area contributed by atoms with Crippen LogP contribution in [-0.2, 0) is 4.79 Å². The number of likely N-dealkylation sites (tertiary alicyclic amines) is 1. The smallest absolute Gasteiger partial charge is 0.263 e. The standard InChI is InChI=1S/C15H20FNO3/c1-11(20-14-7-3-2-6-13(14)16)15(19)17-8-4-5-12(9-17)10-18/h2-3,6-7,11-12,18H,4-5,8-10H2,1H3. The fourth-order valence-electron chi connectivity index (χ4n) is 2.45. The Morgan fingerprint density at radius 3 is 3.00 bits per heavy atom. The number of carbonyl (C=O) groups excluding carboxylic acids is 1. The zero-order valence-electron chi connectivity index (χ0n) is 11.6. The molecular formula is C15H20FNO3. The maximum atomic E-state index is 13.5. The summed E-state index contributed by atoms with van der Waals surface area (Å²) in [5, 5.41) is 9.18. The van der Waals surface area contributed by atoms with Gasteiger partial charge in [-0.15, -0.1) is 0 Å². The van der Waals surface area contributed by atoms with Crippen LogP contribution in [0, 0.1) is 11.7 Å². The van der Waals surface area contributed by atoms with E-state index in [0.29, 0.717) is 13.1 Å². The predicted molar refractivity (Wildman–Crippen MR) is 72.9 cm³/mol. The Labute approximate surface area is 118 Å². The van der Waals surface area contributed by atoms with Gasteiger partial charge in [0.2, 0.25) is 0 Å². The number of halogens is 1. The van der Waals surface area contributed by atoms with Crippen LogP contribution in [-0.4, -0.2) is 41.7 Å². The monoisotopic (exact) mass is 281 g/mol. The molecule has 20 heavy (non-hydrogen) atoms. The number of hydrogen-bond acceptors (Lipinski definition) is 3. The van der Waals surface area contributed by atoms with Crippen LogP contribution in [0.1, 0.15) is 19.8 Å². The van der Waals surface area contributed by atoms with Gasteiger partial charge >= 0.3 is 0 Å². The molecule has 4 nitrogen and oxygen atoms in total. The number of para-hydroxylation sites is 1. The van der Waals surface area contributed by atoms with Crippen molar-refractivity contribution in [1.29, 1.82) is 0 Å². The fraction of sp³-hybridized carbons (Fsp3) is 0.533. The van der Waals surface area contributed by atoms with Gasteiger partial charge < -0.3 is 14.7 Å². The number of rotatable bonds is 4. The summed E-state index contributed by atoms with van der Waals surface area (Å²) in [5.74, 6) is -0.414.